The standard InChI is InChI=1S/C13H21N3O/c1-3-12(14)13-5-4-10(8-15-13)16(2)11-6-7-17-9-11/h4-5,8,11-12H,3,6-7,9,14H2,1-2H3. The Labute approximate surface area is 103 Å². The van der Waals surface area contributed by atoms with Crippen LogP contribution in [-0.2, 0) is 4.74 Å². The summed E-state index contributed by atoms with van der Waals surface area (Å²) in [6, 6.07) is 4.64. The second-order valence-electron chi connectivity index (χ2n) is 4.58. The van der Waals surface area contributed by atoms with Crippen molar-refractivity contribution in [2.75, 3.05) is 25.2 Å². The zero-order valence-corrected chi connectivity index (χ0v) is 10.6. The first kappa shape index (κ1) is 12.3. The van der Waals surface area contributed by atoms with Crippen LogP contribution < -0.4 is 10.6 Å². The minimum absolute atomic E-state index is 0.0455. The van der Waals surface area contributed by atoms with Crippen molar-refractivity contribution in [2.45, 2.75) is 31.8 Å². The van der Waals surface area contributed by atoms with Crippen molar-refractivity contribution in [3.05, 3.63) is 24.0 Å². The fourth-order valence-electron chi connectivity index (χ4n) is 2.07. The topological polar surface area (TPSA) is 51.4 Å². The van der Waals surface area contributed by atoms with Crippen molar-refractivity contribution in [1.29, 1.82) is 0 Å². The highest BCUT2D eigenvalue weighted by Gasteiger charge is 2.20. The monoisotopic (exact) mass is 235 g/mol. The molecule has 0 bridgehead atoms. The average Bonchev–Trinajstić information content (AvgIpc) is 2.91. The Hall–Kier alpha value is -1.13. The summed E-state index contributed by atoms with van der Waals surface area (Å²) in [5.41, 5.74) is 8.04. The van der Waals surface area contributed by atoms with E-state index in [1.54, 1.807) is 0 Å². The molecule has 2 unspecified atom stereocenters. The van der Waals surface area contributed by atoms with Gasteiger partial charge in [-0.1, -0.05) is 6.92 Å². The highest BCUT2D eigenvalue weighted by atomic mass is 16.5. The van der Waals surface area contributed by atoms with Crippen molar-refractivity contribution in [3.63, 3.8) is 0 Å². The number of nitrogens with two attached hydrogens (primary N) is 1. The van der Waals surface area contributed by atoms with Gasteiger partial charge in [-0.2, -0.15) is 0 Å². The fourth-order valence-corrected chi connectivity index (χ4v) is 2.07. The van der Waals surface area contributed by atoms with Gasteiger partial charge in [-0.05, 0) is 25.0 Å². The summed E-state index contributed by atoms with van der Waals surface area (Å²) in [4.78, 5) is 6.67. The van der Waals surface area contributed by atoms with Gasteiger partial charge in [0.2, 0.25) is 0 Å². The van der Waals surface area contributed by atoms with Crippen LogP contribution in [0.3, 0.4) is 0 Å². The summed E-state index contributed by atoms with van der Waals surface area (Å²) in [5.74, 6) is 0. The zero-order chi connectivity index (χ0) is 12.3. The van der Waals surface area contributed by atoms with Crippen LogP contribution in [0.1, 0.15) is 31.5 Å². The number of pyridine rings is 1. The van der Waals surface area contributed by atoms with E-state index in [1.807, 2.05) is 12.3 Å². The first-order chi connectivity index (χ1) is 8.22. The third-order valence-corrected chi connectivity index (χ3v) is 3.45. The molecule has 0 amide bonds. The quantitative estimate of drug-likeness (QED) is 0.863. The Kier molecular flexibility index (Phi) is 3.97. The Bertz CT molecular complexity index is 346. The smallest absolute Gasteiger partial charge is 0.0670 e. The number of anilines is 1. The van der Waals surface area contributed by atoms with Gasteiger partial charge in [0.05, 0.1) is 30.2 Å². The molecule has 0 aliphatic carbocycles. The number of nitrogens with zero attached hydrogens (tertiary/aromatic N) is 2. The molecule has 1 aromatic rings. The maximum atomic E-state index is 5.95. The van der Waals surface area contributed by atoms with E-state index >= 15 is 0 Å². The molecule has 1 saturated heterocycles. The molecule has 94 valence electrons. The Morgan fingerprint density at radius 1 is 1.59 bits per heavy atom. The molecule has 17 heavy (non-hydrogen) atoms. The minimum Gasteiger partial charge on any atom is -0.379 e. The van der Waals surface area contributed by atoms with Gasteiger partial charge in [-0.3, -0.25) is 4.98 Å². The zero-order valence-electron chi connectivity index (χ0n) is 10.6. The predicted octanol–water partition coefficient (Wildman–Crippen LogP) is 1.72. The molecule has 4 heteroatoms. The van der Waals surface area contributed by atoms with Crippen LogP contribution in [0, 0.1) is 0 Å². The number of rotatable bonds is 4. The molecular formula is C13H21N3O. The first-order valence-corrected chi connectivity index (χ1v) is 6.24. The molecule has 0 saturated carbocycles. The number of likely N-dealkylation sites (N-methyl/N-ethyl adjacent to an activating group) is 1. The van der Waals surface area contributed by atoms with Gasteiger partial charge in [0.25, 0.3) is 0 Å². The number of hydrogen-bond donors (Lipinski definition) is 1. The molecule has 0 radical (unpaired) electrons. The van der Waals surface area contributed by atoms with Crippen LogP contribution in [0.4, 0.5) is 5.69 Å². The molecule has 2 N–H and O–H groups in total. The molecule has 4 nitrogen and oxygen atoms in total. The molecule has 0 aromatic carbocycles. The largest absolute Gasteiger partial charge is 0.379 e. The van der Waals surface area contributed by atoms with Crippen LogP contribution in [0.2, 0.25) is 0 Å². The van der Waals surface area contributed by atoms with Crippen molar-refractivity contribution in [3.8, 4) is 0 Å². The lowest BCUT2D eigenvalue weighted by atomic mass is 10.1. The highest BCUT2D eigenvalue weighted by Crippen LogP contribution is 2.20. The molecule has 2 heterocycles. The van der Waals surface area contributed by atoms with Gasteiger partial charge in [-0.15, -0.1) is 0 Å². The number of ether oxygens (including phenoxy) is 1. The molecule has 1 aromatic heterocycles. The van der Waals surface area contributed by atoms with E-state index < -0.39 is 0 Å². The summed E-state index contributed by atoms with van der Waals surface area (Å²) < 4.78 is 5.40. The first-order valence-electron chi connectivity index (χ1n) is 6.24. The Morgan fingerprint density at radius 2 is 2.41 bits per heavy atom. The van der Waals surface area contributed by atoms with Gasteiger partial charge in [0.1, 0.15) is 0 Å². The van der Waals surface area contributed by atoms with Crippen molar-refractivity contribution in [2.24, 2.45) is 5.73 Å². The van der Waals surface area contributed by atoms with Gasteiger partial charge < -0.3 is 15.4 Å². The minimum atomic E-state index is 0.0455. The van der Waals surface area contributed by atoms with E-state index in [1.165, 1.54) is 0 Å². The number of hydrogen-bond acceptors (Lipinski definition) is 4. The highest BCUT2D eigenvalue weighted by molar-refractivity contribution is 5.45. The lowest BCUT2D eigenvalue weighted by molar-refractivity contribution is 0.193. The molecule has 1 aliphatic rings. The van der Waals surface area contributed by atoms with Gasteiger partial charge >= 0.3 is 0 Å². The summed E-state index contributed by atoms with van der Waals surface area (Å²) in [7, 11) is 2.09. The molecular weight excluding hydrogens is 214 g/mol. The van der Waals surface area contributed by atoms with E-state index in [0.717, 1.165) is 37.4 Å². The van der Waals surface area contributed by atoms with Crippen molar-refractivity contribution >= 4 is 5.69 Å². The second kappa shape index (κ2) is 5.47. The molecule has 1 aliphatic heterocycles. The Morgan fingerprint density at radius 3 is 2.94 bits per heavy atom. The van der Waals surface area contributed by atoms with Crippen LogP contribution in [-0.4, -0.2) is 31.3 Å². The summed E-state index contributed by atoms with van der Waals surface area (Å²) in [6.45, 7) is 3.75. The van der Waals surface area contributed by atoms with Gasteiger partial charge in [-0.25, -0.2) is 0 Å². The van der Waals surface area contributed by atoms with Crippen LogP contribution >= 0.6 is 0 Å². The number of aromatic nitrogens is 1. The van der Waals surface area contributed by atoms with Gasteiger partial charge in [0.15, 0.2) is 0 Å². The average molecular weight is 235 g/mol. The molecule has 0 spiro atoms. The maximum Gasteiger partial charge on any atom is 0.0670 e. The SMILES string of the molecule is CCC(N)c1ccc(N(C)C2CCOC2)cn1. The van der Waals surface area contributed by atoms with Crippen molar-refractivity contribution in [1.82, 2.24) is 4.98 Å². The van der Waals surface area contributed by atoms with E-state index in [4.69, 9.17) is 10.5 Å². The molecule has 2 rings (SSSR count). The van der Waals surface area contributed by atoms with E-state index in [9.17, 15) is 0 Å². The third-order valence-electron chi connectivity index (χ3n) is 3.45. The summed E-state index contributed by atoms with van der Waals surface area (Å²) in [6.07, 6.45) is 3.91. The van der Waals surface area contributed by atoms with Crippen molar-refractivity contribution < 1.29 is 4.74 Å². The summed E-state index contributed by atoms with van der Waals surface area (Å²) >= 11 is 0. The fraction of sp³-hybridized carbons (Fsp3) is 0.615. The van der Waals surface area contributed by atoms with Gasteiger partial charge in [0, 0.05) is 19.7 Å². The Balaban J connectivity index is 2.06. The molecule has 1 fully saturated rings. The predicted molar refractivity (Wildman–Crippen MR) is 69.1 cm³/mol. The summed E-state index contributed by atoms with van der Waals surface area (Å²) in [5, 5.41) is 0. The second-order valence-corrected chi connectivity index (χ2v) is 4.58. The van der Waals surface area contributed by atoms with Crippen LogP contribution in [0.15, 0.2) is 18.3 Å². The van der Waals surface area contributed by atoms with Crippen LogP contribution in [0.5, 0.6) is 0 Å². The maximum absolute atomic E-state index is 5.95. The van der Waals surface area contributed by atoms with E-state index in [2.05, 4.69) is 29.9 Å². The van der Waals surface area contributed by atoms with E-state index in [-0.39, 0.29) is 6.04 Å². The normalized spacial score (nSPS) is 21.5. The lowest BCUT2D eigenvalue weighted by Crippen LogP contribution is -2.31. The van der Waals surface area contributed by atoms with Crippen LogP contribution in [0.25, 0.3) is 0 Å². The molecule has 2 atom stereocenters. The van der Waals surface area contributed by atoms with E-state index in [0.29, 0.717) is 6.04 Å². The third kappa shape index (κ3) is 2.76. The lowest BCUT2D eigenvalue weighted by Gasteiger charge is -2.25.